The Morgan fingerprint density at radius 3 is 2.77 bits per heavy atom. The van der Waals surface area contributed by atoms with Crippen molar-refractivity contribution in [2.24, 2.45) is 5.73 Å². The zero-order chi connectivity index (χ0) is 9.84. The third-order valence-electron chi connectivity index (χ3n) is 1.76. The standard InChI is InChI=1S/C9H10ClN3/c10-7-5-6(1-2-9(7)13)8(12)3-4-11/h1-2,5,8H,3,12-13H2. The van der Waals surface area contributed by atoms with Gasteiger partial charge in [-0.15, -0.1) is 0 Å². The SMILES string of the molecule is N#CCC(N)c1ccc(N)c(Cl)c1. The second-order valence-corrected chi connectivity index (χ2v) is 3.16. The normalized spacial score (nSPS) is 12.1. The molecule has 3 nitrogen and oxygen atoms in total. The summed E-state index contributed by atoms with van der Waals surface area (Å²) in [5.74, 6) is 0. The van der Waals surface area contributed by atoms with Gasteiger partial charge in [0.1, 0.15) is 0 Å². The van der Waals surface area contributed by atoms with Crippen molar-refractivity contribution in [1.82, 2.24) is 0 Å². The van der Waals surface area contributed by atoms with E-state index in [0.717, 1.165) is 5.56 Å². The zero-order valence-electron chi connectivity index (χ0n) is 7.00. The monoisotopic (exact) mass is 195 g/mol. The highest BCUT2D eigenvalue weighted by Crippen LogP contribution is 2.23. The lowest BCUT2D eigenvalue weighted by atomic mass is 10.1. The summed E-state index contributed by atoms with van der Waals surface area (Å²) < 4.78 is 0. The fourth-order valence-electron chi connectivity index (χ4n) is 0.990. The third-order valence-corrected chi connectivity index (χ3v) is 2.09. The molecule has 13 heavy (non-hydrogen) atoms. The molecule has 1 atom stereocenters. The Labute approximate surface area is 81.9 Å². The summed E-state index contributed by atoms with van der Waals surface area (Å²) >= 11 is 5.79. The van der Waals surface area contributed by atoms with Crippen molar-refractivity contribution in [3.63, 3.8) is 0 Å². The van der Waals surface area contributed by atoms with E-state index >= 15 is 0 Å². The maximum atomic E-state index is 8.43. The molecule has 0 aromatic heterocycles. The van der Waals surface area contributed by atoms with Crippen molar-refractivity contribution < 1.29 is 0 Å². The highest BCUT2D eigenvalue weighted by atomic mass is 35.5. The molecule has 1 rings (SSSR count). The topological polar surface area (TPSA) is 75.8 Å². The van der Waals surface area contributed by atoms with Gasteiger partial charge in [0.2, 0.25) is 0 Å². The summed E-state index contributed by atoms with van der Waals surface area (Å²) in [6, 6.07) is 6.88. The second-order valence-electron chi connectivity index (χ2n) is 2.75. The Morgan fingerprint density at radius 2 is 2.23 bits per heavy atom. The first kappa shape index (κ1) is 9.85. The highest BCUT2D eigenvalue weighted by Gasteiger charge is 2.06. The molecular formula is C9H10ClN3. The third kappa shape index (κ3) is 2.35. The summed E-state index contributed by atoms with van der Waals surface area (Å²) in [7, 11) is 0. The van der Waals surface area contributed by atoms with Crippen LogP contribution in [-0.4, -0.2) is 0 Å². The molecule has 0 bridgehead atoms. The molecule has 4 heteroatoms. The molecule has 4 N–H and O–H groups in total. The van der Waals surface area contributed by atoms with Gasteiger partial charge in [-0.1, -0.05) is 17.7 Å². The van der Waals surface area contributed by atoms with Gasteiger partial charge >= 0.3 is 0 Å². The molecule has 0 saturated heterocycles. The average molecular weight is 196 g/mol. The molecule has 0 radical (unpaired) electrons. The minimum Gasteiger partial charge on any atom is -0.398 e. The second kappa shape index (κ2) is 4.13. The van der Waals surface area contributed by atoms with Crippen LogP contribution in [0.4, 0.5) is 5.69 Å². The number of nitrogens with zero attached hydrogens (tertiary/aromatic N) is 1. The van der Waals surface area contributed by atoms with Crippen LogP contribution in [0.3, 0.4) is 0 Å². The van der Waals surface area contributed by atoms with Gasteiger partial charge in [-0.05, 0) is 17.7 Å². The first-order chi connectivity index (χ1) is 6.15. The van der Waals surface area contributed by atoms with Gasteiger partial charge in [0.05, 0.1) is 23.2 Å². The van der Waals surface area contributed by atoms with Crippen molar-refractivity contribution >= 4 is 17.3 Å². The number of anilines is 1. The molecule has 1 aromatic rings. The minimum absolute atomic E-state index is 0.278. The fraction of sp³-hybridized carbons (Fsp3) is 0.222. The van der Waals surface area contributed by atoms with Crippen molar-refractivity contribution in [3.05, 3.63) is 28.8 Å². The summed E-state index contributed by atoms with van der Waals surface area (Å²) in [6.07, 6.45) is 0.278. The van der Waals surface area contributed by atoms with E-state index in [1.807, 2.05) is 6.07 Å². The predicted octanol–water partition coefficient (Wildman–Crippen LogP) is 1.84. The van der Waals surface area contributed by atoms with E-state index in [0.29, 0.717) is 10.7 Å². The number of nitrogens with two attached hydrogens (primary N) is 2. The molecule has 68 valence electrons. The Morgan fingerprint density at radius 1 is 1.54 bits per heavy atom. The Bertz CT molecular complexity index is 343. The molecule has 0 saturated carbocycles. The maximum absolute atomic E-state index is 8.43. The molecule has 0 aliphatic rings. The van der Waals surface area contributed by atoms with Crippen LogP contribution in [0.15, 0.2) is 18.2 Å². The van der Waals surface area contributed by atoms with Gasteiger partial charge in [-0.25, -0.2) is 0 Å². The first-order valence-electron chi connectivity index (χ1n) is 3.82. The van der Waals surface area contributed by atoms with Crippen LogP contribution in [0.25, 0.3) is 0 Å². The van der Waals surface area contributed by atoms with Crippen molar-refractivity contribution in [3.8, 4) is 6.07 Å². The molecule has 0 amide bonds. The number of nitriles is 1. The lowest BCUT2D eigenvalue weighted by Gasteiger charge is -2.08. The summed E-state index contributed by atoms with van der Waals surface area (Å²) in [4.78, 5) is 0. The van der Waals surface area contributed by atoms with Gasteiger partial charge < -0.3 is 11.5 Å². The number of benzene rings is 1. The molecular weight excluding hydrogens is 186 g/mol. The van der Waals surface area contributed by atoms with Crippen LogP contribution in [-0.2, 0) is 0 Å². The molecule has 1 unspecified atom stereocenters. The van der Waals surface area contributed by atoms with E-state index in [1.165, 1.54) is 0 Å². The molecule has 0 spiro atoms. The number of halogens is 1. The van der Waals surface area contributed by atoms with E-state index in [1.54, 1.807) is 18.2 Å². The van der Waals surface area contributed by atoms with E-state index < -0.39 is 0 Å². The number of hydrogen-bond donors (Lipinski definition) is 2. The van der Waals surface area contributed by atoms with E-state index in [-0.39, 0.29) is 12.5 Å². The van der Waals surface area contributed by atoms with Gasteiger partial charge in [0.25, 0.3) is 0 Å². The fourth-order valence-corrected chi connectivity index (χ4v) is 1.18. The Kier molecular flexibility index (Phi) is 3.13. The van der Waals surface area contributed by atoms with Gasteiger partial charge in [-0.2, -0.15) is 5.26 Å². The lowest BCUT2D eigenvalue weighted by Crippen LogP contribution is -2.09. The summed E-state index contributed by atoms with van der Waals surface area (Å²) in [6.45, 7) is 0. The first-order valence-corrected chi connectivity index (χ1v) is 4.20. The average Bonchev–Trinajstić information content (AvgIpc) is 2.10. The number of nitrogen functional groups attached to an aromatic ring is 1. The number of rotatable bonds is 2. The van der Waals surface area contributed by atoms with Crippen LogP contribution in [0.5, 0.6) is 0 Å². The van der Waals surface area contributed by atoms with Crippen LogP contribution < -0.4 is 11.5 Å². The zero-order valence-corrected chi connectivity index (χ0v) is 7.75. The smallest absolute Gasteiger partial charge is 0.0641 e. The van der Waals surface area contributed by atoms with Crippen molar-refractivity contribution in [1.29, 1.82) is 5.26 Å². The Hall–Kier alpha value is -1.24. The molecule has 1 aromatic carbocycles. The lowest BCUT2D eigenvalue weighted by molar-refractivity contribution is 0.749. The van der Waals surface area contributed by atoms with Crippen molar-refractivity contribution in [2.45, 2.75) is 12.5 Å². The van der Waals surface area contributed by atoms with Gasteiger partial charge in [0, 0.05) is 6.04 Å². The quantitative estimate of drug-likeness (QED) is 0.707. The van der Waals surface area contributed by atoms with Crippen LogP contribution in [0.1, 0.15) is 18.0 Å². The maximum Gasteiger partial charge on any atom is 0.0641 e. The van der Waals surface area contributed by atoms with Crippen LogP contribution >= 0.6 is 11.6 Å². The largest absolute Gasteiger partial charge is 0.398 e. The molecule has 0 aliphatic heterocycles. The summed E-state index contributed by atoms with van der Waals surface area (Å²) in [5.41, 5.74) is 12.6. The summed E-state index contributed by atoms with van der Waals surface area (Å²) in [5, 5.41) is 8.91. The van der Waals surface area contributed by atoms with Gasteiger partial charge in [-0.3, -0.25) is 0 Å². The predicted molar refractivity (Wildman–Crippen MR) is 53.0 cm³/mol. The van der Waals surface area contributed by atoms with E-state index in [4.69, 9.17) is 28.3 Å². The van der Waals surface area contributed by atoms with Crippen LogP contribution in [0, 0.1) is 11.3 Å². The number of hydrogen-bond acceptors (Lipinski definition) is 3. The highest BCUT2D eigenvalue weighted by molar-refractivity contribution is 6.33. The van der Waals surface area contributed by atoms with Crippen LogP contribution in [0.2, 0.25) is 5.02 Å². The minimum atomic E-state index is -0.289. The Balaban J connectivity index is 2.91. The van der Waals surface area contributed by atoms with E-state index in [2.05, 4.69) is 0 Å². The molecule has 0 fully saturated rings. The molecule has 0 aliphatic carbocycles. The van der Waals surface area contributed by atoms with Gasteiger partial charge in [0.15, 0.2) is 0 Å². The molecule has 0 heterocycles. The van der Waals surface area contributed by atoms with Crippen molar-refractivity contribution in [2.75, 3.05) is 5.73 Å². The van der Waals surface area contributed by atoms with E-state index in [9.17, 15) is 0 Å².